The first-order valence-corrected chi connectivity index (χ1v) is 9.78. The van der Waals surface area contributed by atoms with Crippen molar-refractivity contribution in [3.63, 3.8) is 0 Å². The third-order valence-corrected chi connectivity index (χ3v) is 4.79. The fraction of sp³-hybridized carbons (Fsp3) is 0.476. The van der Waals surface area contributed by atoms with Crippen molar-refractivity contribution in [1.82, 2.24) is 10.2 Å². The summed E-state index contributed by atoms with van der Waals surface area (Å²) >= 11 is 0. The first-order chi connectivity index (χ1) is 14.0. The summed E-state index contributed by atoms with van der Waals surface area (Å²) in [6, 6.07) is 6.86. The van der Waals surface area contributed by atoms with Gasteiger partial charge in [0, 0.05) is 26.3 Å². The maximum Gasteiger partial charge on any atom is 0.337 e. The number of nitrogens with one attached hydrogen (secondary N) is 2. The number of hydrogen-bond acceptors (Lipinski definition) is 5. The van der Waals surface area contributed by atoms with Crippen molar-refractivity contribution in [3.05, 3.63) is 41.5 Å². The Hall–Kier alpha value is -2.71. The van der Waals surface area contributed by atoms with Crippen LogP contribution in [-0.2, 0) is 19.1 Å². The number of carbonyl (C=O) groups is 3. The van der Waals surface area contributed by atoms with Crippen LogP contribution in [0.4, 0.5) is 0 Å². The second kappa shape index (κ2) is 12.0. The average molecular weight is 404 g/mol. The molecule has 8 heteroatoms. The molecule has 1 saturated heterocycles. The quantitative estimate of drug-likeness (QED) is 0.325. The SMILES string of the molecule is COCCCNC(=O)C[NH+]1CCN(C(=O)/C=C/c2ccc(C(=O)OC)cc2)CC1. The van der Waals surface area contributed by atoms with E-state index in [-0.39, 0.29) is 17.8 Å². The number of amides is 2. The second-order valence-corrected chi connectivity index (χ2v) is 6.90. The van der Waals surface area contributed by atoms with Gasteiger partial charge in [-0.25, -0.2) is 4.79 Å². The Bertz CT molecular complexity index is 710. The molecule has 1 aromatic carbocycles. The number of nitrogens with zero attached hydrogens (tertiary/aromatic N) is 1. The van der Waals surface area contributed by atoms with Crippen LogP contribution < -0.4 is 10.2 Å². The van der Waals surface area contributed by atoms with E-state index in [1.54, 1.807) is 48.4 Å². The normalized spacial score (nSPS) is 14.8. The number of benzene rings is 1. The molecule has 0 spiro atoms. The highest BCUT2D eigenvalue weighted by Gasteiger charge is 2.23. The minimum atomic E-state index is -0.388. The van der Waals surface area contributed by atoms with Gasteiger partial charge in [-0.1, -0.05) is 12.1 Å². The molecule has 2 rings (SSSR count). The molecule has 1 heterocycles. The number of methoxy groups -OCH3 is 2. The van der Waals surface area contributed by atoms with E-state index >= 15 is 0 Å². The van der Waals surface area contributed by atoms with E-state index in [2.05, 4.69) is 10.1 Å². The number of quaternary nitrogens is 1. The zero-order valence-corrected chi connectivity index (χ0v) is 17.1. The first-order valence-electron chi connectivity index (χ1n) is 9.78. The Morgan fingerprint density at radius 1 is 1.14 bits per heavy atom. The zero-order chi connectivity index (χ0) is 21.1. The summed E-state index contributed by atoms with van der Waals surface area (Å²) in [5.41, 5.74) is 1.30. The smallest absolute Gasteiger partial charge is 0.337 e. The highest BCUT2D eigenvalue weighted by atomic mass is 16.5. The zero-order valence-electron chi connectivity index (χ0n) is 17.1. The molecule has 29 heavy (non-hydrogen) atoms. The molecule has 1 aromatic rings. The van der Waals surface area contributed by atoms with Crippen molar-refractivity contribution in [1.29, 1.82) is 0 Å². The minimum absolute atomic E-state index is 0.0335. The van der Waals surface area contributed by atoms with Crippen LogP contribution in [0.3, 0.4) is 0 Å². The van der Waals surface area contributed by atoms with E-state index in [0.717, 1.165) is 25.1 Å². The van der Waals surface area contributed by atoms with E-state index in [1.807, 2.05) is 0 Å². The molecule has 0 saturated carbocycles. The molecular weight excluding hydrogens is 374 g/mol. The molecule has 158 valence electrons. The molecule has 0 aliphatic carbocycles. The van der Waals surface area contributed by atoms with Gasteiger partial charge in [0.15, 0.2) is 6.54 Å². The van der Waals surface area contributed by atoms with E-state index in [4.69, 9.17) is 4.74 Å². The van der Waals surface area contributed by atoms with Gasteiger partial charge in [-0.05, 0) is 30.2 Å². The van der Waals surface area contributed by atoms with E-state index < -0.39 is 0 Å². The first kappa shape index (κ1) is 22.6. The summed E-state index contributed by atoms with van der Waals surface area (Å²) in [6.07, 6.45) is 4.08. The largest absolute Gasteiger partial charge is 0.465 e. The molecule has 8 nitrogen and oxygen atoms in total. The molecule has 0 atom stereocenters. The van der Waals surface area contributed by atoms with E-state index in [9.17, 15) is 14.4 Å². The third-order valence-electron chi connectivity index (χ3n) is 4.79. The monoisotopic (exact) mass is 404 g/mol. The van der Waals surface area contributed by atoms with Crippen molar-refractivity contribution in [2.75, 3.05) is 60.1 Å². The van der Waals surface area contributed by atoms with Gasteiger partial charge in [0.1, 0.15) is 0 Å². The van der Waals surface area contributed by atoms with Crippen LogP contribution in [-0.4, -0.2) is 82.8 Å². The Morgan fingerprint density at radius 3 is 2.45 bits per heavy atom. The van der Waals surface area contributed by atoms with Gasteiger partial charge >= 0.3 is 5.97 Å². The second-order valence-electron chi connectivity index (χ2n) is 6.90. The van der Waals surface area contributed by atoms with Gasteiger partial charge in [-0.15, -0.1) is 0 Å². The lowest BCUT2D eigenvalue weighted by Crippen LogP contribution is -3.15. The van der Waals surface area contributed by atoms with Crippen LogP contribution >= 0.6 is 0 Å². The van der Waals surface area contributed by atoms with Crippen molar-refractivity contribution in [2.24, 2.45) is 0 Å². The third kappa shape index (κ3) is 7.67. The molecule has 0 radical (unpaired) electrons. The van der Waals surface area contributed by atoms with Crippen molar-refractivity contribution < 1.29 is 28.8 Å². The van der Waals surface area contributed by atoms with Crippen LogP contribution in [0.1, 0.15) is 22.3 Å². The molecule has 0 bridgehead atoms. The average Bonchev–Trinajstić information content (AvgIpc) is 2.75. The summed E-state index contributed by atoms with van der Waals surface area (Å²) in [6.45, 7) is 4.43. The van der Waals surface area contributed by atoms with Gasteiger partial charge in [-0.3, -0.25) is 9.59 Å². The Morgan fingerprint density at radius 2 is 1.83 bits per heavy atom. The van der Waals surface area contributed by atoms with Gasteiger partial charge in [-0.2, -0.15) is 0 Å². The summed E-state index contributed by atoms with van der Waals surface area (Å²) in [5.74, 6) is -0.406. The molecule has 2 N–H and O–H groups in total. The van der Waals surface area contributed by atoms with Crippen LogP contribution in [0.15, 0.2) is 30.3 Å². The lowest BCUT2D eigenvalue weighted by Gasteiger charge is -2.31. The van der Waals surface area contributed by atoms with Crippen LogP contribution in [0.25, 0.3) is 6.08 Å². The lowest BCUT2D eigenvalue weighted by atomic mass is 10.1. The number of esters is 1. The predicted octanol–water partition coefficient (Wildman–Crippen LogP) is -0.634. The Labute approximate surface area is 171 Å². The van der Waals surface area contributed by atoms with E-state index in [1.165, 1.54) is 12.0 Å². The molecular formula is C21H30N3O5+. The fourth-order valence-corrected chi connectivity index (χ4v) is 3.08. The molecule has 0 unspecified atom stereocenters. The lowest BCUT2D eigenvalue weighted by molar-refractivity contribution is -0.896. The topological polar surface area (TPSA) is 89.4 Å². The number of ether oxygens (including phenoxy) is 2. The molecule has 0 aromatic heterocycles. The highest BCUT2D eigenvalue weighted by Crippen LogP contribution is 2.08. The summed E-state index contributed by atoms with van der Waals surface area (Å²) in [5, 5.41) is 2.89. The van der Waals surface area contributed by atoms with Crippen molar-refractivity contribution in [3.8, 4) is 0 Å². The molecule has 2 amide bonds. The molecule has 1 fully saturated rings. The van der Waals surface area contributed by atoms with Crippen LogP contribution in [0, 0.1) is 0 Å². The summed E-state index contributed by atoms with van der Waals surface area (Å²) in [4.78, 5) is 38.7. The van der Waals surface area contributed by atoms with Crippen molar-refractivity contribution in [2.45, 2.75) is 6.42 Å². The van der Waals surface area contributed by atoms with Crippen LogP contribution in [0.2, 0.25) is 0 Å². The number of rotatable bonds is 9. The van der Waals surface area contributed by atoms with E-state index in [0.29, 0.717) is 38.3 Å². The minimum Gasteiger partial charge on any atom is -0.465 e. The maximum atomic E-state index is 12.4. The number of piperazine rings is 1. The predicted molar refractivity (Wildman–Crippen MR) is 108 cm³/mol. The van der Waals surface area contributed by atoms with Crippen LogP contribution in [0.5, 0.6) is 0 Å². The Balaban J connectivity index is 1.73. The Kier molecular flexibility index (Phi) is 9.33. The van der Waals surface area contributed by atoms with Gasteiger partial charge in [0.25, 0.3) is 5.91 Å². The number of hydrogen-bond donors (Lipinski definition) is 2. The van der Waals surface area contributed by atoms with Gasteiger partial charge in [0.05, 0.1) is 38.9 Å². The standard InChI is InChI=1S/C21H29N3O5/c1-28-15-3-10-22-19(25)16-23-11-13-24(14-12-23)20(26)9-6-17-4-7-18(8-5-17)21(27)29-2/h4-9H,3,10-16H2,1-2H3,(H,22,25)/p+1/b9-6+. The highest BCUT2D eigenvalue weighted by molar-refractivity contribution is 5.92. The van der Waals surface area contributed by atoms with Gasteiger partial charge in [0.2, 0.25) is 5.91 Å². The maximum absolute atomic E-state index is 12.4. The number of carbonyl (C=O) groups excluding carboxylic acids is 3. The van der Waals surface area contributed by atoms with Crippen molar-refractivity contribution >= 4 is 23.9 Å². The fourth-order valence-electron chi connectivity index (χ4n) is 3.08. The summed E-state index contributed by atoms with van der Waals surface area (Å²) in [7, 11) is 2.98. The summed E-state index contributed by atoms with van der Waals surface area (Å²) < 4.78 is 9.62. The van der Waals surface area contributed by atoms with Gasteiger partial charge < -0.3 is 24.6 Å². The molecule has 1 aliphatic rings. The molecule has 1 aliphatic heterocycles.